The smallest absolute Gasteiger partial charge is 0.0541 e. The van der Waals surface area contributed by atoms with Crippen LogP contribution in [-0.2, 0) is 0 Å². The molecule has 0 unspecified atom stereocenters. The second-order valence-corrected chi connectivity index (χ2v) is 15.6. The van der Waals surface area contributed by atoms with Crippen molar-refractivity contribution in [2.75, 3.05) is 4.90 Å². The van der Waals surface area contributed by atoms with E-state index in [1.54, 1.807) is 16.7 Å². The third-order valence-corrected chi connectivity index (χ3v) is 12.2. The summed E-state index contributed by atoms with van der Waals surface area (Å²) in [6.07, 6.45) is 14.1. The van der Waals surface area contributed by atoms with E-state index in [1.165, 1.54) is 73.2 Å². The molecule has 0 bridgehead atoms. The van der Waals surface area contributed by atoms with Gasteiger partial charge in [0.25, 0.3) is 0 Å². The molecule has 7 aromatic rings. The zero-order valence-electron chi connectivity index (χ0n) is 31.0. The van der Waals surface area contributed by atoms with E-state index in [0.717, 1.165) is 19.3 Å². The van der Waals surface area contributed by atoms with Gasteiger partial charge in [-0.05, 0) is 131 Å². The fourth-order valence-corrected chi connectivity index (χ4v) is 9.51. The van der Waals surface area contributed by atoms with Crippen molar-refractivity contribution in [3.8, 4) is 27.9 Å². The molecule has 0 N–H and O–H groups in total. The predicted molar refractivity (Wildman–Crippen MR) is 228 cm³/mol. The van der Waals surface area contributed by atoms with Crippen molar-refractivity contribution in [3.63, 3.8) is 0 Å². The van der Waals surface area contributed by atoms with Crippen LogP contribution in [0.3, 0.4) is 0 Å². The van der Waals surface area contributed by atoms with Gasteiger partial charge in [-0.3, -0.25) is 0 Å². The molecule has 0 saturated carbocycles. The molecule has 1 atom stereocenters. The minimum absolute atomic E-state index is 0.112. The Bertz CT molecular complexity index is 2650. The zero-order chi connectivity index (χ0) is 36.2. The molecule has 0 amide bonds. The summed E-state index contributed by atoms with van der Waals surface area (Å²) in [4.78, 5) is 2.50. The summed E-state index contributed by atoms with van der Waals surface area (Å²) in [5.74, 6) is 0.472. The maximum atomic E-state index is 2.53. The normalized spacial score (nSPS) is 17.6. The van der Waals surface area contributed by atoms with Crippen molar-refractivity contribution < 1.29 is 0 Å². The third-order valence-electron chi connectivity index (χ3n) is 12.2. The summed E-state index contributed by atoms with van der Waals surface area (Å²) >= 11 is 0. The van der Waals surface area contributed by atoms with Gasteiger partial charge in [-0.1, -0.05) is 135 Å². The van der Waals surface area contributed by atoms with Gasteiger partial charge in [-0.2, -0.15) is 0 Å². The molecule has 3 aliphatic carbocycles. The van der Waals surface area contributed by atoms with Crippen LogP contribution in [0.25, 0.3) is 49.7 Å². The molecule has 1 aromatic heterocycles. The van der Waals surface area contributed by atoms with Gasteiger partial charge in [0.05, 0.1) is 11.0 Å². The lowest BCUT2D eigenvalue weighted by molar-refractivity contribution is 0.333. The minimum atomic E-state index is 0.112. The number of aromatic nitrogens is 1. The third kappa shape index (κ3) is 5.39. The first kappa shape index (κ1) is 32.5. The highest BCUT2D eigenvalue weighted by Crippen LogP contribution is 2.57. The minimum Gasteiger partial charge on any atom is -0.315 e. The quantitative estimate of drug-likeness (QED) is 0.168. The van der Waals surface area contributed by atoms with E-state index in [0.29, 0.717) is 5.92 Å². The number of nitrogens with zero attached hydrogens (tertiary/aromatic N) is 2. The highest BCUT2D eigenvalue weighted by atomic mass is 15.1. The molecule has 0 aliphatic heterocycles. The van der Waals surface area contributed by atoms with Gasteiger partial charge >= 0.3 is 0 Å². The van der Waals surface area contributed by atoms with Crippen LogP contribution in [0.1, 0.15) is 39.5 Å². The Morgan fingerprint density at radius 1 is 0.593 bits per heavy atom. The molecule has 3 aliphatic rings. The van der Waals surface area contributed by atoms with Crippen LogP contribution >= 0.6 is 0 Å². The molecule has 54 heavy (non-hydrogen) atoms. The van der Waals surface area contributed by atoms with Crippen molar-refractivity contribution in [1.29, 1.82) is 0 Å². The standard InChI is InChI=1S/C52H44N2/c1-52(2)48-22-11-9-19-44(48)45-21-13-18-43(35-49(45)52)53(40-16-7-4-8-17-40)41-29-26-38(27-30-41)39-28-33-51-47(34-39)46-20-10-12-23-50(46)54(51)42-31-24-37(25-32-42)36-14-5-3-6-15-36/h3-8,10-12,14-18,20-34,49H,9,13,19,35H2,1-2H3/t49-/m1/s1. The molecule has 2 nitrogen and oxygen atoms in total. The van der Waals surface area contributed by atoms with Gasteiger partial charge in [-0.25, -0.2) is 0 Å². The Hall–Kier alpha value is -6.12. The molecule has 0 fully saturated rings. The molecule has 1 heterocycles. The number of fused-ring (bicyclic) bond motifs is 5. The Labute approximate surface area is 318 Å². The lowest BCUT2D eigenvalue weighted by Gasteiger charge is -2.34. The average Bonchev–Trinajstić information content (AvgIpc) is 3.53. The largest absolute Gasteiger partial charge is 0.315 e. The Kier molecular flexibility index (Phi) is 7.87. The number of benzene rings is 6. The Morgan fingerprint density at radius 3 is 2.02 bits per heavy atom. The number of para-hydroxylation sites is 2. The highest BCUT2D eigenvalue weighted by molar-refractivity contribution is 6.10. The number of rotatable bonds is 6. The van der Waals surface area contributed by atoms with Crippen molar-refractivity contribution in [2.45, 2.75) is 39.5 Å². The fraction of sp³-hybridized carbons (Fsp3) is 0.154. The second-order valence-electron chi connectivity index (χ2n) is 15.6. The van der Waals surface area contributed by atoms with E-state index in [-0.39, 0.29) is 5.41 Å². The molecular weight excluding hydrogens is 653 g/mol. The SMILES string of the molecule is CC1(C)C2=C(CCC=C2)C2=CCC=C(N(c3ccccc3)c3ccc(-c4ccc5c(c4)c4ccccc4n5-c4ccc(-c5ccccc5)cc4)cc3)C[C@H]21. The average molecular weight is 697 g/mol. The van der Waals surface area contributed by atoms with Gasteiger partial charge in [0.1, 0.15) is 0 Å². The fourth-order valence-electron chi connectivity index (χ4n) is 9.51. The highest BCUT2D eigenvalue weighted by Gasteiger charge is 2.45. The van der Waals surface area contributed by atoms with E-state index in [1.807, 2.05) is 0 Å². The van der Waals surface area contributed by atoms with Crippen LogP contribution in [0.15, 0.2) is 198 Å². The van der Waals surface area contributed by atoms with E-state index < -0.39 is 0 Å². The molecule has 0 radical (unpaired) electrons. The lowest BCUT2D eigenvalue weighted by Crippen LogP contribution is -2.26. The van der Waals surface area contributed by atoms with Gasteiger partial charge in [0, 0.05) is 33.5 Å². The van der Waals surface area contributed by atoms with Crippen LogP contribution in [0.4, 0.5) is 11.4 Å². The van der Waals surface area contributed by atoms with Crippen molar-refractivity contribution in [3.05, 3.63) is 198 Å². The lowest BCUT2D eigenvalue weighted by atomic mass is 9.74. The molecule has 0 saturated heterocycles. The first-order chi connectivity index (χ1) is 26.5. The monoisotopic (exact) mass is 696 g/mol. The molecule has 10 rings (SSSR count). The van der Waals surface area contributed by atoms with Crippen LogP contribution in [-0.4, -0.2) is 4.57 Å². The summed E-state index contributed by atoms with van der Waals surface area (Å²) in [5, 5.41) is 2.53. The van der Waals surface area contributed by atoms with Crippen molar-refractivity contribution in [1.82, 2.24) is 4.57 Å². The van der Waals surface area contributed by atoms with E-state index in [2.05, 4.69) is 199 Å². The maximum Gasteiger partial charge on any atom is 0.0541 e. The van der Waals surface area contributed by atoms with Crippen molar-refractivity contribution in [2.24, 2.45) is 11.3 Å². The number of anilines is 2. The van der Waals surface area contributed by atoms with Gasteiger partial charge < -0.3 is 9.47 Å². The number of allylic oxidation sites excluding steroid dienone is 8. The molecule has 6 aromatic carbocycles. The van der Waals surface area contributed by atoms with Crippen LogP contribution in [0, 0.1) is 11.3 Å². The topological polar surface area (TPSA) is 8.17 Å². The number of hydrogen-bond acceptors (Lipinski definition) is 1. The second kappa shape index (κ2) is 13.1. The Morgan fingerprint density at radius 2 is 1.22 bits per heavy atom. The maximum absolute atomic E-state index is 2.53. The summed E-state index contributed by atoms with van der Waals surface area (Å²) in [6.45, 7) is 4.92. The summed E-state index contributed by atoms with van der Waals surface area (Å²) in [6, 6.07) is 55.5. The van der Waals surface area contributed by atoms with Gasteiger partial charge in [0.15, 0.2) is 0 Å². The molecule has 262 valence electrons. The first-order valence-corrected chi connectivity index (χ1v) is 19.5. The Balaban J connectivity index is 0.994. The summed E-state index contributed by atoms with van der Waals surface area (Å²) < 4.78 is 2.40. The zero-order valence-corrected chi connectivity index (χ0v) is 31.0. The number of hydrogen-bond donors (Lipinski definition) is 0. The van der Waals surface area contributed by atoms with Crippen molar-refractivity contribution >= 4 is 33.2 Å². The van der Waals surface area contributed by atoms with Gasteiger partial charge in [0.2, 0.25) is 0 Å². The van der Waals surface area contributed by atoms with Crippen LogP contribution < -0.4 is 4.90 Å². The van der Waals surface area contributed by atoms with Crippen LogP contribution in [0.2, 0.25) is 0 Å². The van der Waals surface area contributed by atoms with E-state index >= 15 is 0 Å². The van der Waals surface area contributed by atoms with E-state index in [9.17, 15) is 0 Å². The van der Waals surface area contributed by atoms with Crippen LogP contribution in [0.5, 0.6) is 0 Å². The molecule has 0 spiro atoms. The van der Waals surface area contributed by atoms with E-state index in [4.69, 9.17) is 0 Å². The van der Waals surface area contributed by atoms with Gasteiger partial charge in [-0.15, -0.1) is 0 Å². The predicted octanol–water partition coefficient (Wildman–Crippen LogP) is 14.2. The first-order valence-electron chi connectivity index (χ1n) is 19.5. The molecule has 2 heteroatoms. The molecular formula is C52H44N2. The summed E-state index contributed by atoms with van der Waals surface area (Å²) in [7, 11) is 0. The summed E-state index contributed by atoms with van der Waals surface area (Å²) in [5.41, 5.74) is 17.2.